The molecular weight excluding hydrogens is 456 g/mol. The third-order valence-electron chi connectivity index (χ3n) is 7.23. The molecule has 8 nitrogen and oxygen atoms in total. The average molecular weight is 487 g/mol. The number of likely N-dealkylation sites (tertiary alicyclic amines) is 1. The van der Waals surface area contributed by atoms with Crippen LogP contribution in [-0.4, -0.2) is 58.2 Å². The van der Waals surface area contributed by atoms with E-state index in [9.17, 15) is 9.59 Å². The van der Waals surface area contributed by atoms with Crippen molar-refractivity contribution in [2.24, 2.45) is 0 Å². The molecular formula is C28H30N4O4. The van der Waals surface area contributed by atoms with Crippen molar-refractivity contribution in [2.75, 3.05) is 20.2 Å². The molecule has 186 valence electrons. The maximum Gasteiger partial charge on any atom is 0.410 e. The van der Waals surface area contributed by atoms with Crippen molar-refractivity contribution in [1.29, 1.82) is 0 Å². The van der Waals surface area contributed by atoms with Gasteiger partial charge in [0.15, 0.2) is 0 Å². The molecule has 3 aliphatic rings. The van der Waals surface area contributed by atoms with E-state index in [0.717, 1.165) is 57.9 Å². The molecule has 36 heavy (non-hydrogen) atoms. The van der Waals surface area contributed by atoms with Crippen LogP contribution >= 0.6 is 0 Å². The second-order valence-electron chi connectivity index (χ2n) is 11.0. The Hall–Kier alpha value is -3.81. The van der Waals surface area contributed by atoms with E-state index in [-0.39, 0.29) is 12.0 Å². The largest absolute Gasteiger partial charge is 0.497 e. The number of nitrogens with one attached hydrogen (secondary N) is 2. The van der Waals surface area contributed by atoms with Gasteiger partial charge in [-0.1, -0.05) is 0 Å². The van der Waals surface area contributed by atoms with Crippen molar-refractivity contribution in [3.05, 3.63) is 58.9 Å². The van der Waals surface area contributed by atoms with Gasteiger partial charge in [-0.25, -0.2) is 4.79 Å². The first kappa shape index (κ1) is 22.6. The maximum absolute atomic E-state index is 13.3. The molecule has 2 N–H and O–H groups in total. The van der Waals surface area contributed by atoms with Crippen LogP contribution < -0.4 is 10.1 Å². The fourth-order valence-electron chi connectivity index (χ4n) is 5.59. The molecule has 1 saturated heterocycles. The number of nitrogens with zero attached hydrogens (tertiary/aromatic N) is 2. The van der Waals surface area contributed by atoms with Gasteiger partial charge >= 0.3 is 6.09 Å². The first-order chi connectivity index (χ1) is 17.1. The van der Waals surface area contributed by atoms with Gasteiger partial charge in [-0.3, -0.25) is 9.78 Å². The number of aryl methyl sites for hydroxylation is 1. The summed E-state index contributed by atoms with van der Waals surface area (Å²) in [5.74, 6) is 0.739. The summed E-state index contributed by atoms with van der Waals surface area (Å²) in [6, 6.07) is 9.97. The van der Waals surface area contributed by atoms with Gasteiger partial charge in [-0.2, -0.15) is 0 Å². The van der Waals surface area contributed by atoms with Gasteiger partial charge in [-0.05, 0) is 75.1 Å². The Bertz CT molecular complexity index is 1380. The molecule has 6 rings (SSSR count). The summed E-state index contributed by atoms with van der Waals surface area (Å²) in [5, 5.41) is 3.21. The van der Waals surface area contributed by atoms with Crippen LogP contribution in [0.25, 0.3) is 22.5 Å². The van der Waals surface area contributed by atoms with Crippen LogP contribution in [-0.2, 0) is 24.0 Å². The zero-order valence-corrected chi connectivity index (χ0v) is 21.0. The lowest BCUT2D eigenvalue weighted by Crippen LogP contribution is -2.74. The number of hydrogen-bond acceptors (Lipinski definition) is 5. The molecule has 3 aromatic rings. The normalized spacial score (nSPS) is 17.4. The first-order valence-electron chi connectivity index (χ1n) is 12.3. The summed E-state index contributed by atoms with van der Waals surface area (Å²) in [6.45, 7) is 6.45. The number of ether oxygens (including phenoxy) is 2. The highest BCUT2D eigenvalue weighted by atomic mass is 16.6. The SMILES string of the molecule is COc1ccc(-c2cc3c(cn2)CCc2c-3[nH]c3c2C(=O)NC2(C3)CN(C(=O)OC(C)(C)C)C2)cc1. The Morgan fingerprint density at radius 1 is 1.14 bits per heavy atom. The summed E-state index contributed by atoms with van der Waals surface area (Å²) in [5.41, 5.74) is 6.95. The Morgan fingerprint density at radius 3 is 2.58 bits per heavy atom. The number of fused-ring (bicyclic) bond motifs is 5. The van der Waals surface area contributed by atoms with Crippen molar-refractivity contribution >= 4 is 12.0 Å². The second-order valence-corrected chi connectivity index (χ2v) is 11.0. The van der Waals surface area contributed by atoms with Gasteiger partial charge in [0.05, 0.1) is 29.6 Å². The van der Waals surface area contributed by atoms with Gasteiger partial charge in [0.25, 0.3) is 5.91 Å². The highest BCUT2D eigenvalue weighted by molar-refractivity contribution is 6.01. The number of carbonyl (C=O) groups excluding carboxylic acids is 2. The van der Waals surface area contributed by atoms with E-state index in [0.29, 0.717) is 19.5 Å². The summed E-state index contributed by atoms with van der Waals surface area (Å²) in [4.78, 5) is 35.7. The van der Waals surface area contributed by atoms with E-state index in [2.05, 4.69) is 16.4 Å². The predicted octanol–water partition coefficient (Wildman–Crippen LogP) is 4.13. The van der Waals surface area contributed by atoms with E-state index >= 15 is 0 Å². The summed E-state index contributed by atoms with van der Waals surface area (Å²) in [7, 11) is 1.65. The van der Waals surface area contributed by atoms with E-state index in [4.69, 9.17) is 14.5 Å². The molecule has 1 spiro atoms. The summed E-state index contributed by atoms with van der Waals surface area (Å²) in [6.07, 6.45) is 3.90. The number of H-pyrrole nitrogens is 1. The maximum atomic E-state index is 13.3. The lowest BCUT2D eigenvalue weighted by molar-refractivity contribution is -0.0169. The molecule has 0 atom stereocenters. The van der Waals surface area contributed by atoms with E-state index in [1.54, 1.807) is 12.0 Å². The fraction of sp³-hybridized carbons (Fsp3) is 0.393. The third-order valence-corrected chi connectivity index (χ3v) is 7.23. The van der Waals surface area contributed by atoms with Crippen molar-refractivity contribution in [3.63, 3.8) is 0 Å². The molecule has 0 bridgehead atoms. The van der Waals surface area contributed by atoms with Gasteiger partial charge < -0.3 is 24.7 Å². The summed E-state index contributed by atoms with van der Waals surface area (Å²) >= 11 is 0. The first-order valence-corrected chi connectivity index (χ1v) is 12.3. The van der Waals surface area contributed by atoms with Gasteiger partial charge in [-0.15, -0.1) is 0 Å². The van der Waals surface area contributed by atoms with Gasteiger partial charge in [0.2, 0.25) is 0 Å². The molecule has 0 saturated carbocycles. The van der Waals surface area contributed by atoms with Crippen LogP contribution in [0.15, 0.2) is 36.5 Å². The van der Waals surface area contributed by atoms with Crippen LogP contribution in [0.3, 0.4) is 0 Å². The van der Waals surface area contributed by atoms with Gasteiger partial charge in [0, 0.05) is 42.5 Å². The third kappa shape index (κ3) is 3.72. The highest BCUT2D eigenvalue weighted by Gasteiger charge is 2.51. The van der Waals surface area contributed by atoms with Crippen molar-refractivity contribution < 1.29 is 19.1 Å². The number of methoxy groups -OCH3 is 1. The molecule has 1 fully saturated rings. The molecule has 2 aromatic heterocycles. The van der Waals surface area contributed by atoms with E-state index in [1.807, 2.05) is 51.2 Å². The molecule has 2 amide bonds. The number of aromatic nitrogens is 2. The summed E-state index contributed by atoms with van der Waals surface area (Å²) < 4.78 is 10.8. The van der Waals surface area contributed by atoms with Gasteiger partial charge in [0.1, 0.15) is 11.4 Å². The quantitative estimate of drug-likeness (QED) is 0.568. The number of hydrogen-bond donors (Lipinski definition) is 2. The Balaban J connectivity index is 1.29. The number of rotatable bonds is 2. The van der Waals surface area contributed by atoms with Crippen LogP contribution in [0.5, 0.6) is 5.75 Å². The number of carbonyl (C=O) groups is 2. The number of benzene rings is 1. The monoisotopic (exact) mass is 486 g/mol. The van der Waals surface area contributed by atoms with Crippen LogP contribution in [0, 0.1) is 0 Å². The topological polar surface area (TPSA) is 96.5 Å². The highest BCUT2D eigenvalue weighted by Crippen LogP contribution is 2.41. The standard InChI is InChI=1S/C28H30N4O4/c1-27(2,3)36-26(34)32-14-28(15-32)12-22-23(25(33)31-28)19-10-7-17-13-29-21(11-20(17)24(19)30-22)16-5-8-18(35-4)9-6-16/h5-6,8-9,11,13,30H,7,10,12,14-15H2,1-4H3,(H,31,33). The molecule has 1 aromatic carbocycles. The van der Waals surface area contributed by atoms with Crippen molar-refractivity contribution in [3.8, 4) is 28.3 Å². The lowest BCUT2D eigenvalue weighted by Gasteiger charge is -2.51. The van der Waals surface area contributed by atoms with E-state index in [1.165, 1.54) is 5.56 Å². The Kier molecular flexibility index (Phi) is 4.94. The molecule has 2 aliphatic heterocycles. The van der Waals surface area contributed by atoms with Crippen LogP contribution in [0.2, 0.25) is 0 Å². The van der Waals surface area contributed by atoms with E-state index < -0.39 is 11.1 Å². The number of amides is 2. The average Bonchev–Trinajstić information content (AvgIpc) is 3.20. The minimum Gasteiger partial charge on any atom is -0.497 e. The molecule has 8 heteroatoms. The lowest BCUT2D eigenvalue weighted by atomic mass is 9.80. The zero-order valence-electron chi connectivity index (χ0n) is 21.0. The van der Waals surface area contributed by atoms with Crippen molar-refractivity contribution in [2.45, 2.75) is 51.2 Å². The van der Waals surface area contributed by atoms with Crippen LogP contribution in [0.1, 0.15) is 48.0 Å². The van der Waals surface area contributed by atoms with Crippen LogP contribution in [0.4, 0.5) is 4.79 Å². The molecule has 4 heterocycles. The number of aromatic amines is 1. The molecule has 0 radical (unpaired) electrons. The fourth-order valence-corrected chi connectivity index (χ4v) is 5.59. The zero-order chi connectivity index (χ0) is 25.2. The van der Waals surface area contributed by atoms with Crippen molar-refractivity contribution in [1.82, 2.24) is 20.2 Å². The number of pyridine rings is 1. The minimum atomic E-state index is -0.547. The smallest absolute Gasteiger partial charge is 0.410 e. The Labute approximate surface area is 210 Å². The Morgan fingerprint density at radius 2 is 1.89 bits per heavy atom. The second kappa shape index (κ2) is 7.85. The molecule has 1 aliphatic carbocycles. The minimum absolute atomic E-state index is 0.0644. The molecule has 0 unspecified atom stereocenters. The predicted molar refractivity (Wildman–Crippen MR) is 135 cm³/mol.